The van der Waals surface area contributed by atoms with Crippen LogP contribution < -0.4 is 10.6 Å². The summed E-state index contributed by atoms with van der Waals surface area (Å²) in [7, 11) is 0. The zero-order valence-corrected chi connectivity index (χ0v) is 11.1. The van der Waals surface area contributed by atoms with Crippen LogP contribution in [0, 0.1) is 0 Å². The monoisotopic (exact) mass is 287 g/mol. The number of azide groups is 1. The predicted octanol–water partition coefficient (Wildman–Crippen LogP) is -1.62. The van der Waals surface area contributed by atoms with Crippen molar-refractivity contribution in [2.45, 2.75) is 44.4 Å². The number of amides is 2. The zero-order valence-electron chi connectivity index (χ0n) is 11.1. The predicted molar refractivity (Wildman–Crippen MR) is 66.1 cm³/mol. The van der Waals surface area contributed by atoms with Crippen LogP contribution in [0.4, 0.5) is 0 Å². The van der Waals surface area contributed by atoms with E-state index in [1.165, 1.54) is 13.8 Å². The van der Waals surface area contributed by atoms with Gasteiger partial charge in [-0.2, -0.15) is 0 Å². The Bertz CT molecular complexity index is 424. The van der Waals surface area contributed by atoms with Crippen molar-refractivity contribution in [2.24, 2.45) is 5.11 Å². The number of hydrogen-bond donors (Lipinski definition) is 4. The SMILES string of the molecule is CC(=O)N[C@@H]1C(CN=[N+]=[N-])OC(O)[C@H](NC(C)=O)C1O. The highest BCUT2D eigenvalue weighted by Crippen LogP contribution is 2.20. The molecule has 0 bridgehead atoms. The van der Waals surface area contributed by atoms with Gasteiger partial charge in [0, 0.05) is 18.8 Å². The van der Waals surface area contributed by atoms with Crippen molar-refractivity contribution in [2.75, 3.05) is 6.54 Å². The van der Waals surface area contributed by atoms with Gasteiger partial charge >= 0.3 is 0 Å². The number of aliphatic hydroxyl groups is 2. The van der Waals surface area contributed by atoms with Crippen LogP contribution in [-0.4, -0.2) is 59.2 Å². The molecule has 0 aromatic carbocycles. The second-order valence-corrected chi connectivity index (χ2v) is 4.42. The summed E-state index contributed by atoms with van der Waals surface area (Å²) in [5.74, 6) is -0.895. The Labute approximate surface area is 114 Å². The summed E-state index contributed by atoms with van der Waals surface area (Å²) in [5.41, 5.74) is 8.30. The van der Waals surface area contributed by atoms with Gasteiger partial charge in [0.05, 0.1) is 18.7 Å². The van der Waals surface area contributed by atoms with Crippen LogP contribution in [0.15, 0.2) is 5.11 Å². The first-order valence-corrected chi connectivity index (χ1v) is 5.93. The van der Waals surface area contributed by atoms with Gasteiger partial charge in [0.15, 0.2) is 6.29 Å². The molecule has 20 heavy (non-hydrogen) atoms. The summed E-state index contributed by atoms with van der Waals surface area (Å²) >= 11 is 0. The molecule has 3 unspecified atom stereocenters. The number of aliphatic hydroxyl groups excluding tert-OH is 2. The first-order chi connectivity index (χ1) is 9.36. The van der Waals surface area contributed by atoms with E-state index < -0.39 is 42.4 Å². The lowest BCUT2D eigenvalue weighted by Gasteiger charge is -2.42. The molecule has 0 spiro atoms. The molecule has 0 aliphatic carbocycles. The second-order valence-electron chi connectivity index (χ2n) is 4.42. The molecule has 1 aliphatic heterocycles. The van der Waals surface area contributed by atoms with Crippen molar-refractivity contribution in [3.8, 4) is 0 Å². The van der Waals surface area contributed by atoms with E-state index in [-0.39, 0.29) is 6.54 Å². The molecule has 1 rings (SSSR count). The summed E-state index contributed by atoms with van der Waals surface area (Å²) in [6, 6.07) is -2.01. The smallest absolute Gasteiger partial charge is 0.217 e. The minimum absolute atomic E-state index is 0.178. The molecule has 0 aromatic rings. The fraction of sp³-hybridized carbons (Fsp3) is 0.800. The normalized spacial score (nSPS) is 32.9. The van der Waals surface area contributed by atoms with E-state index in [0.29, 0.717) is 0 Å². The van der Waals surface area contributed by atoms with Crippen molar-refractivity contribution >= 4 is 11.8 Å². The lowest BCUT2D eigenvalue weighted by atomic mass is 9.94. The molecule has 1 saturated heterocycles. The van der Waals surface area contributed by atoms with Crippen molar-refractivity contribution < 1.29 is 24.5 Å². The first-order valence-electron chi connectivity index (χ1n) is 5.93. The molecule has 10 heteroatoms. The number of nitrogens with one attached hydrogen (secondary N) is 2. The molecular formula is C10H17N5O5. The maximum atomic E-state index is 11.2. The second kappa shape index (κ2) is 7.06. The first kappa shape index (κ1) is 16.2. The van der Waals surface area contributed by atoms with Crippen LogP contribution in [0.25, 0.3) is 10.4 Å². The van der Waals surface area contributed by atoms with Crippen LogP contribution in [0.3, 0.4) is 0 Å². The van der Waals surface area contributed by atoms with Gasteiger partial charge < -0.3 is 25.6 Å². The van der Waals surface area contributed by atoms with Gasteiger partial charge in [-0.1, -0.05) is 5.11 Å². The Morgan fingerprint density at radius 1 is 1.25 bits per heavy atom. The molecule has 2 amide bonds. The highest BCUT2D eigenvalue weighted by molar-refractivity contribution is 5.74. The fourth-order valence-electron chi connectivity index (χ4n) is 2.04. The van der Waals surface area contributed by atoms with Crippen LogP contribution in [0.2, 0.25) is 0 Å². The van der Waals surface area contributed by atoms with Crippen LogP contribution in [0.1, 0.15) is 13.8 Å². The number of ether oxygens (including phenoxy) is 1. The fourth-order valence-corrected chi connectivity index (χ4v) is 2.04. The summed E-state index contributed by atoms with van der Waals surface area (Å²) in [6.07, 6.45) is -3.66. The van der Waals surface area contributed by atoms with E-state index in [9.17, 15) is 19.8 Å². The number of carbonyl (C=O) groups excluding carboxylic acids is 2. The van der Waals surface area contributed by atoms with Crippen molar-refractivity contribution in [1.29, 1.82) is 0 Å². The lowest BCUT2D eigenvalue weighted by Crippen LogP contribution is -2.68. The third-order valence-electron chi connectivity index (χ3n) is 2.82. The summed E-state index contributed by atoms with van der Waals surface area (Å²) in [4.78, 5) is 24.8. The topological polar surface area (TPSA) is 157 Å². The van der Waals surface area contributed by atoms with Gasteiger partial charge in [0.2, 0.25) is 11.8 Å². The standard InChI is InChI=1S/C10H17N5O5/c1-4(16)13-7-6(3-12-15-11)20-10(19)8(9(7)18)14-5(2)17/h6-10,18-19H,3H2,1-2H3,(H,13,16)(H,14,17)/t6?,7-,8-,9?,10?/m1/s1. The van der Waals surface area contributed by atoms with Gasteiger partial charge in [0.25, 0.3) is 0 Å². The van der Waals surface area contributed by atoms with Gasteiger partial charge in [-0.15, -0.1) is 0 Å². The van der Waals surface area contributed by atoms with Gasteiger partial charge in [-0.25, -0.2) is 0 Å². The number of nitrogens with zero attached hydrogens (tertiary/aromatic N) is 3. The highest BCUT2D eigenvalue weighted by atomic mass is 16.6. The molecular weight excluding hydrogens is 270 g/mol. The molecule has 1 aliphatic rings. The van der Waals surface area contributed by atoms with Crippen molar-refractivity contribution in [3.05, 3.63) is 10.4 Å². The Balaban J connectivity index is 2.91. The molecule has 0 aromatic heterocycles. The quantitative estimate of drug-likeness (QED) is 0.278. The maximum absolute atomic E-state index is 11.2. The summed E-state index contributed by atoms with van der Waals surface area (Å²) in [6.45, 7) is 2.29. The Morgan fingerprint density at radius 3 is 2.30 bits per heavy atom. The Hall–Kier alpha value is -1.87. The number of rotatable bonds is 4. The average Bonchev–Trinajstić information content (AvgIpc) is 2.35. The maximum Gasteiger partial charge on any atom is 0.217 e. The van der Waals surface area contributed by atoms with E-state index in [0.717, 1.165) is 0 Å². The van der Waals surface area contributed by atoms with Gasteiger partial charge in [-0.3, -0.25) is 9.59 Å². The van der Waals surface area contributed by atoms with E-state index in [2.05, 4.69) is 20.7 Å². The molecule has 112 valence electrons. The largest absolute Gasteiger partial charge is 0.389 e. The molecule has 10 nitrogen and oxygen atoms in total. The van der Waals surface area contributed by atoms with Crippen molar-refractivity contribution in [1.82, 2.24) is 10.6 Å². The summed E-state index contributed by atoms with van der Waals surface area (Å²) < 4.78 is 5.19. The van der Waals surface area contributed by atoms with E-state index in [1.54, 1.807) is 0 Å². The number of carbonyl (C=O) groups is 2. The van der Waals surface area contributed by atoms with Gasteiger partial charge in [-0.05, 0) is 5.53 Å². The molecule has 0 saturated carbocycles. The van der Waals surface area contributed by atoms with E-state index >= 15 is 0 Å². The molecule has 5 atom stereocenters. The van der Waals surface area contributed by atoms with Crippen LogP contribution >= 0.6 is 0 Å². The molecule has 1 heterocycles. The Kier molecular flexibility index (Phi) is 5.71. The molecule has 1 fully saturated rings. The average molecular weight is 287 g/mol. The van der Waals surface area contributed by atoms with Gasteiger partial charge in [0.1, 0.15) is 12.1 Å². The third-order valence-corrected chi connectivity index (χ3v) is 2.82. The Morgan fingerprint density at radius 2 is 1.80 bits per heavy atom. The van der Waals surface area contributed by atoms with Crippen molar-refractivity contribution in [3.63, 3.8) is 0 Å². The van der Waals surface area contributed by atoms with E-state index in [1.807, 2.05) is 0 Å². The van der Waals surface area contributed by atoms with Crippen LogP contribution in [-0.2, 0) is 14.3 Å². The summed E-state index contributed by atoms with van der Waals surface area (Å²) in [5, 5.41) is 28.0. The molecule has 4 N–H and O–H groups in total. The zero-order chi connectivity index (χ0) is 15.3. The highest BCUT2D eigenvalue weighted by Gasteiger charge is 2.45. The molecule has 0 radical (unpaired) electrons. The minimum atomic E-state index is -1.47. The van der Waals surface area contributed by atoms with E-state index in [4.69, 9.17) is 10.3 Å². The third kappa shape index (κ3) is 4.07. The van der Waals surface area contributed by atoms with Crippen LogP contribution in [0.5, 0.6) is 0 Å². The number of hydrogen-bond acceptors (Lipinski definition) is 6. The minimum Gasteiger partial charge on any atom is -0.389 e. The lowest BCUT2D eigenvalue weighted by molar-refractivity contribution is -0.216.